The molecule has 2 aromatic heterocycles. The van der Waals surface area contributed by atoms with Crippen LogP contribution in [-0.2, 0) is 17.6 Å². The third kappa shape index (κ3) is 3.50. The monoisotopic (exact) mass is 384 g/mol. The van der Waals surface area contributed by atoms with Crippen LogP contribution in [0.2, 0.25) is 0 Å². The van der Waals surface area contributed by atoms with E-state index in [2.05, 4.69) is 15.4 Å². The van der Waals surface area contributed by atoms with Gasteiger partial charge in [0.25, 0.3) is 0 Å². The molecule has 0 saturated heterocycles. The predicted molar refractivity (Wildman–Crippen MR) is 110 cm³/mol. The average Bonchev–Trinajstić information content (AvgIpc) is 3.35. The van der Waals surface area contributed by atoms with Gasteiger partial charge in [-0.2, -0.15) is 5.10 Å². The molecule has 6 nitrogen and oxygen atoms in total. The van der Waals surface area contributed by atoms with Gasteiger partial charge < -0.3 is 10.4 Å². The Hall–Kier alpha value is -3.51. The van der Waals surface area contributed by atoms with Crippen molar-refractivity contribution in [3.05, 3.63) is 83.8 Å². The van der Waals surface area contributed by atoms with Gasteiger partial charge in [-0.05, 0) is 64.9 Å². The molecule has 1 unspecified atom stereocenters. The van der Waals surface area contributed by atoms with Crippen LogP contribution >= 0.6 is 0 Å². The van der Waals surface area contributed by atoms with E-state index in [0.717, 1.165) is 52.0 Å². The summed E-state index contributed by atoms with van der Waals surface area (Å²) in [7, 11) is 0. The van der Waals surface area contributed by atoms with Gasteiger partial charge in [0.2, 0.25) is 5.91 Å². The summed E-state index contributed by atoms with van der Waals surface area (Å²) in [6.07, 6.45) is 4.92. The maximum Gasteiger partial charge on any atom is 0.228 e. The van der Waals surface area contributed by atoms with E-state index in [1.165, 1.54) is 6.33 Å². The molecule has 0 fully saturated rings. The van der Waals surface area contributed by atoms with Crippen molar-refractivity contribution in [3.63, 3.8) is 0 Å². The van der Waals surface area contributed by atoms with E-state index >= 15 is 0 Å². The summed E-state index contributed by atoms with van der Waals surface area (Å²) in [5.74, 6) is -0.0740. The quantitative estimate of drug-likeness (QED) is 0.564. The SMILES string of the molecule is O=C(Cc1ccc(-c2ccn3ncnc3c2)cc1)Nc1ccc2c(c1)C(O)CC2. The Bertz CT molecular complexity index is 1200. The number of anilines is 1. The highest BCUT2D eigenvalue weighted by Crippen LogP contribution is 2.32. The minimum Gasteiger partial charge on any atom is -0.388 e. The van der Waals surface area contributed by atoms with Crippen LogP contribution in [-0.4, -0.2) is 25.6 Å². The topological polar surface area (TPSA) is 79.5 Å². The van der Waals surface area contributed by atoms with E-state index in [-0.39, 0.29) is 5.91 Å². The molecular formula is C23H20N4O2. The van der Waals surface area contributed by atoms with E-state index in [1.807, 2.05) is 60.8 Å². The highest BCUT2D eigenvalue weighted by atomic mass is 16.3. The number of carbonyl (C=O) groups is 1. The van der Waals surface area contributed by atoms with E-state index in [4.69, 9.17) is 0 Å². The Kier molecular flexibility index (Phi) is 4.33. The Morgan fingerprint density at radius 1 is 1.10 bits per heavy atom. The summed E-state index contributed by atoms with van der Waals surface area (Å²) in [5, 5.41) is 17.1. The van der Waals surface area contributed by atoms with Gasteiger partial charge in [0.1, 0.15) is 6.33 Å². The lowest BCUT2D eigenvalue weighted by Crippen LogP contribution is -2.14. The molecule has 29 heavy (non-hydrogen) atoms. The van der Waals surface area contributed by atoms with Crippen molar-refractivity contribution >= 4 is 17.2 Å². The van der Waals surface area contributed by atoms with Crippen LogP contribution in [0, 0.1) is 0 Å². The van der Waals surface area contributed by atoms with Crippen LogP contribution in [0.25, 0.3) is 16.8 Å². The number of hydrogen-bond donors (Lipinski definition) is 2. The van der Waals surface area contributed by atoms with Crippen molar-refractivity contribution in [3.8, 4) is 11.1 Å². The number of aryl methyl sites for hydroxylation is 1. The summed E-state index contributed by atoms with van der Waals surface area (Å²) < 4.78 is 1.72. The molecular weight excluding hydrogens is 364 g/mol. The van der Waals surface area contributed by atoms with Gasteiger partial charge >= 0.3 is 0 Å². The molecule has 1 aliphatic rings. The first kappa shape index (κ1) is 17.6. The Labute approximate surface area is 167 Å². The number of nitrogens with zero attached hydrogens (tertiary/aromatic N) is 3. The predicted octanol–water partition coefficient (Wildman–Crippen LogP) is 3.56. The molecule has 0 saturated carbocycles. The molecule has 0 spiro atoms. The normalized spacial score (nSPS) is 15.4. The first-order chi connectivity index (χ1) is 14.2. The molecule has 0 bridgehead atoms. The lowest BCUT2D eigenvalue weighted by molar-refractivity contribution is -0.115. The molecule has 5 rings (SSSR count). The summed E-state index contributed by atoms with van der Waals surface area (Å²) in [6, 6.07) is 17.7. The Balaban J connectivity index is 1.27. The molecule has 6 heteroatoms. The molecule has 1 atom stereocenters. The first-order valence-electron chi connectivity index (χ1n) is 9.65. The molecule has 144 valence electrons. The lowest BCUT2D eigenvalue weighted by Gasteiger charge is -2.10. The highest BCUT2D eigenvalue weighted by Gasteiger charge is 2.20. The van der Waals surface area contributed by atoms with Crippen molar-refractivity contribution in [2.24, 2.45) is 0 Å². The zero-order valence-electron chi connectivity index (χ0n) is 15.7. The lowest BCUT2D eigenvalue weighted by atomic mass is 10.0. The van der Waals surface area contributed by atoms with E-state index in [0.29, 0.717) is 6.42 Å². The maximum atomic E-state index is 12.4. The summed E-state index contributed by atoms with van der Waals surface area (Å²) >= 11 is 0. The number of nitrogens with one attached hydrogen (secondary N) is 1. The van der Waals surface area contributed by atoms with E-state index in [9.17, 15) is 9.90 Å². The number of fused-ring (bicyclic) bond motifs is 2. The maximum absolute atomic E-state index is 12.4. The number of benzene rings is 2. The standard InChI is InChI=1S/C23H20N4O2/c28-21-8-6-17-5-7-19(13-20(17)21)26-23(29)11-15-1-3-16(4-2-15)18-9-10-27-22(12-18)24-14-25-27/h1-5,7,9-10,12-14,21,28H,6,8,11H2,(H,26,29). The van der Waals surface area contributed by atoms with Crippen molar-refractivity contribution in [1.29, 1.82) is 0 Å². The largest absolute Gasteiger partial charge is 0.388 e. The molecule has 2 heterocycles. The first-order valence-corrected chi connectivity index (χ1v) is 9.65. The van der Waals surface area contributed by atoms with Gasteiger partial charge in [-0.1, -0.05) is 30.3 Å². The fourth-order valence-electron chi connectivity index (χ4n) is 3.86. The van der Waals surface area contributed by atoms with Gasteiger partial charge in [0, 0.05) is 11.9 Å². The van der Waals surface area contributed by atoms with Crippen LogP contribution in [0.3, 0.4) is 0 Å². The van der Waals surface area contributed by atoms with Crippen molar-refractivity contribution in [1.82, 2.24) is 14.6 Å². The second-order valence-corrected chi connectivity index (χ2v) is 7.37. The van der Waals surface area contributed by atoms with Gasteiger partial charge in [0.05, 0.1) is 12.5 Å². The Morgan fingerprint density at radius 2 is 1.97 bits per heavy atom. The molecule has 2 aromatic carbocycles. The van der Waals surface area contributed by atoms with Crippen LogP contribution in [0.1, 0.15) is 29.2 Å². The molecule has 2 N–H and O–H groups in total. The number of hydrogen-bond acceptors (Lipinski definition) is 4. The van der Waals surface area contributed by atoms with E-state index in [1.54, 1.807) is 4.52 Å². The summed E-state index contributed by atoms with van der Waals surface area (Å²) in [5.41, 5.74) is 6.67. The number of pyridine rings is 1. The fraction of sp³-hybridized carbons (Fsp3) is 0.174. The highest BCUT2D eigenvalue weighted by molar-refractivity contribution is 5.92. The zero-order valence-corrected chi connectivity index (χ0v) is 15.7. The molecule has 1 aliphatic carbocycles. The smallest absolute Gasteiger partial charge is 0.228 e. The van der Waals surface area contributed by atoms with Gasteiger partial charge in [-0.25, -0.2) is 9.50 Å². The van der Waals surface area contributed by atoms with Crippen LogP contribution in [0.5, 0.6) is 0 Å². The van der Waals surface area contributed by atoms with Crippen LogP contribution < -0.4 is 5.32 Å². The number of carbonyl (C=O) groups excluding carboxylic acids is 1. The number of aliphatic hydroxyl groups excluding tert-OH is 1. The Morgan fingerprint density at radius 3 is 2.83 bits per heavy atom. The number of aromatic nitrogens is 3. The molecule has 1 amide bonds. The van der Waals surface area contributed by atoms with Gasteiger partial charge in [-0.15, -0.1) is 0 Å². The van der Waals surface area contributed by atoms with Gasteiger partial charge in [0.15, 0.2) is 5.65 Å². The van der Waals surface area contributed by atoms with Crippen LogP contribution in [0.15, 0.2) is 67.1 Å². The minimum atomic E-state index is -0.425. The van der Waals surface area contributed by atoms with Crippen molar-refractivity contribution < 1.29 is 9.90 Å². The second kappa shape index (κ2) is 7.14. The van der Waals surface area contributed by atoms with Crippen molar-refractivity contribution in [2.45, 2.75) is 25.4 Å². The molecule has 0 aliphatic heterocycles. The van der Waals surface area contributed by atoms with E-state index < -0.39 is 6.10 Å². The zero-order chi connectivity index (χ0) is 19.8. The van der Waals surface area contributed by atoms with Crippen LogP contribution in [0.4, 0.5) is 5.69 Å². The number of rotatable bonds is 4. The summed E-state index contributed by atoms with van der Waals surface area (Å²) in [4.78, 5) is 16.7. The fourth-order valence-corrected chi connectivity index (χ4v) is 3.86. The average molecular weight is 384 g/mol. The molecule has 4 aromatic rings. The second-order valence-electron chi connectivity index (χ2n) is 7.37. The number of aliphatic hydroxyl groups is 1. The van der Waals surface area contributed by atoms with Crippen molar-refractivity contribution in [2.75, 3.05) is 5.32 Å². The molecule has 0 radical (unpaired) electrons. The van der Waals surface area contributed by atoms with Gasteiger partial charge in [-0.3, -0.25) is 4.79 Å². The number of amides is 1. The minimum absolute atomic E-state index is 0.0740. The summed E-state index contributed by atoms with van der Waals surface area (Å²) in [6.45, 7) is 0. The third-order valence-electron chi connectivity index (χ3n) is 5.41. The third-order valence-corrected chi connectivity index (χ3v) is 5.41.